The molecule has 0 heterocycles. The minimum Gasteiger partial charge on any atom is -0.399 e. The van der Waals surface area contributed by atoms with Gasteiger partial charge in [-0.05, 0) is 12.1 Å². The van der Waals surface area contributed by atoms with E-state index in [4.69, 9.17) is 16.6 Å². The second kappa shape index (κ2) is 3.94. The molecule has 0 spiro atoms. The molecule has 102 valence electrons. The van der Waals surface area contributed by atoms with E-state index >= 15 is 0 Å². The molecule has 0 bridgehead atoms. The highest BCUT2D eigenvalue weighted by Crippen LogP contribution is 2.51. The van der Waals surface area contributed by atoms with Crippen molar-refractivity contribution in [1.29, 1.82) is 0 Å². The Kier molecular flexibility index (Phi) is 3.16. The van der Waals surface area contributed by atoms with E-state index in [0.717, 1.165) is 6.07 Å². The molecule has 0 aromatic heterocycles. The predicted molar refractivity (Wildman–Crippen MR) is 51.3 cm³/mol. The van der Waals surface area contributed by atoms with E-state index in [1.165, 1.54) is 0 Å². The maximum atomic E-state index is 12.5. The van der Waals surface area contributed by atoms with Crippen molar-refractivity contribution in [2.24, 2.45) is 0 Å². The fraction of sp³-hybridized carbons (Fsp3) is 0.333. The summed E-state index contributed by atoms with van der Waals surface area (Å²) in [6.07, 6.45) is -11.9. The summed E-state index contributed by atoms with van der Waals surface area (Å²) in [7, 11) is 0. The number of hydrogen-bond acceptors (Lipinski definition) is 3. The number of benzene rings is 1. The van der Waals surface area contributed by atoms with Gasteiger partial charge in [-0.25, -0.2) is 0 Å². The highest BCUT2D eigenvalue weighted by atomic mass is 19.4. The molecule has 18 heavy (non-hydrogen) atoms. The van der Waals surface area contributed by atoms with Gasteiger partial charge in [0.05, 0.1) is 0 Å². The first-order valence-electron chi connectivity index (χ1n) is 4.42. The van der Waals surface area contributed by atoms with Crippen molar-refractivity contribution >= 4 is 11.4 Å². The second-order valence-corrected chi connectivity index (χ2v) is 3.55. The van der Waals surface area contributed by atoms with Gasteiger partial charge in [-0.3, -0.25) is 0 Å². The summed E-state index contributed by atoms with van der Waals surface area (Å²) >= 11 is 0. The number of aliphatic hydroxyl groups is 1. The second-order valence-electron chi connectivity index (χ2n) is 3.55. The predicted octanol–water partition coefficient (Wildman–Crippen LogP) is 2.16. The van der Waals surface area contributed by atoms with Crippen molar-refractivity contribution in [1.82, 2.24) is 0 Å². The molecule has 0 radical (unpaired) electrons. The van der Waals surface area contributed by atoms with Gasteiger partial charge < -0.3 is 16.6 Å². The summed E-state index contributed by atoms with van der Waals surface area (Å²) in [5, 5.41) is 9.06. The summed E-state index contributed by atoms with van der Waals surface area (Å²) in [6.45, 7) is 0. The summed E-state index contributed by atoms with van der Waals surface area (Å²) in [4.78, 5) is 0. The van der Waals surface area contributed by atoms with Gasteiger partial charge in [0.1, 0.15) is 0 Å². The Morgan fingerprint density at radius 2 is 1.33 bits per heavy atom. The van der Waals surface area contributed by atoms with Crippen LogP contribution in [0.1, 0.15) is 5.56 Å². The van der Waals surface area contributed by atoms with E-state index in [2.05, 4.69) is 0 Å². The first kappa shape index (κ1) is 14.4. The monoisotopic (exact) mass is 274 g/mol. The third kappa shape index (κ3) is 2.05. The topological polar surface area (TPSA) is 72.3 Å². The van der Waals surface area contributed by atoms with Crippen molar-refractivity contribution < 1.29 is 31.4 Å². The van der Waals surface area contributed by atoms with Gasteiger partial charge in [0.25, 0.3) is 5.60 Å². The third-order valence-electron chi connectivity index (χ3n) is 2.29. The summed E-state index contributed by atoms with van der Waals surface area (Å²) in [6, 6.07) is 1.89. The van der Waals surface area contributed by atoms with Gasteiger partial charge in [0, 0.05) is 16.9 Å². The average molecular weight is 274 g/mol. The van der Waals surface area contributed by atoms with Crippen LogP contribution >= 0.6 is 0 Å². The summed E-state index contributed by atoms with van der Waals surface area (Å²) in [5.41, 5.74) is 2.67. The molecule has 0 fully saturated rings. The maximum Gasteiger partial charge on any atom is 0.430 e. The lowest BCUT2D eigenvalue weighted by atomic mass is 9.90. The minimum absolute atomic E-state index is 0.122. The van der Waals surface area contributed by atoms with Crippen molar-refractivity contribution in [3.63, 3.8) is 0 Å². The highest BCUT2D eigenvalue weighted by Gasteiger charge is 2.72. The van der Waals surface area contributed by atoms with E-state index in [1.54, 1.807) is 0 Å². The molecule has 9 heteroatoms. The first-order valence-corrected chi connectivity index (χ1v) is 4.42. The zero-order valence-corrected chi connectivity index (χ0v) is 8.60. The third-order valence-corrected chi connectivity index (χ3v) is 2.29. The van der Waals surface area contributed by atoms with Crippen LogP contribution in [-0.2, 0) is 5.60 Å². The van der Waals surface area contributed by atoms with Gasteiger partial charge in [-0.15, -0.1) is 0 Å². The van der Waals surface area contributed by atoms with Crippen LogP contribution in [0.4, 0.5) is 37.7 Å². The Bertz CT molecular complexity index is 439. The van der Waals surface area contributed by atoms with Crippen molar-refractivity contribution in [2.45, 2.75) is 18.0 Å². The Morgan fingerprint density at radius 1 is 0.889 bits per heavy atom. The quantitative estimate of drug-likeness (QED) is 0.543. The maximum absolute atomic E-state index is 12.5. The minimum atomic E-state index is -5.96. The molecule has 0 unspecified atom stereocenters. The fourth-order valence-corrected chi connectivity index (χ4v) is 1.38. The highest BCUT2D eigenvalue weighted by molar-refractivity contribution is 5.59. The van der Waals surface area contributed by atoms with Crippen LogP contribution in [0.3, 0.4) is 0 Å². The molecule has 1 rings (SSSR count). The number of nitrogen functional groups attached to an aromatic ring is 2. The zero-order chi connectivity index (χ0) is 14.4. The molecule has 0 saturated heterocycles. The first-order chi connectivity index (χ1) is 7.91. The molecule has 0 aliphatic heterocycles. The summed E-state index contributed by atoms with van der Waals surface area (Å²) < 4.78 is 75.1. The van der Waals surface area contributed by atoms with Crippen LogP contribution in [0.15, 0.2) is 18.2 Å². The van der Waals surface area contributed by atoms with Gasteiger partial charge in [0.15, 0.2) is 0 Å². The lowest BCUT2D eigenvalue weighted by Crippen LogP contribution is -2.54. The van der Waals surface area contributed by atoms with Crippen LogP contribution < -0.4 is 11.5 Å². The number of halogens is 6. The molecule has 1 aromatic rings. The van der Waals surface area contributed by atoms with Gasteiger partial charge in [-0.2, -0.15) is 26.3 Å². The van der Waals surface area contributed by atoms with Crippen LogP contribution in [0.5, 0.6) is 0 Å². The molecule has 0 atom stereocenters. The normalized spacial score (nSPS) is 13.7. The van der Waals surface area contributed by atoms with Crippen LogP contribution in [0.2, 0.25) is 0 Å². The lowest BCUT2D eigenvalue weighted by molar-refractivity contribution is -0.376. The molecule has 0 aliphatic carbocycles. The van der Waals surface area contributed by atoms with E-state index < -0.39 is 29.2 Å². The van der Waals surface area contributed by atoms with Crippen molar-refractivity contribution in [3.05, 3.63) is 23.8 Å². The van der Waals surface area contributed by atoms with E-state index in [0.29, 0.717) is 12.1 Å². The fourth-order valence-electron chi connectivity index (χ4n) is 1.38. The Morgan fingerprint density at radius 3 is 1.67 bits per heavy atom. The SMILES string of the molecule is Nc1ccc(C(O)(C(F)(F)F)C(F)(F)F)c(N)c1. The largest absolute Gasteiger partial charge is 0.430 e. The van der Waals surface area contributed by atoms with E-state index in [1.807, 2.05) is 0 Å². The number of nitrogens with two attached hydrogens (primary N) is 2. The Labute approximate surface area is 97.0 Å². The van der Waals surface area contributed by atoms with Crippen LogP contribution in [0, 0.1) is 0 Å². The molecule has 0 saturated carbocycles. The van der Waals surface area contributed by atoms with Gasteiger partial charge in [-0.1, -0.05) is 6.07 Å². The molecular formula is C9H8F6N2O. The van der Waals surface area contributed by atoms with Crippen LogP contribution in [0.25, 0.3) is 0 Å². The standard InChI is InChI=1S/C9H8F6N2O/c10-8(11,12)7(18,9(13,14)15)5-2-1-4(16)3-6(5)17/h1-3,18H,16-17H2. The van der Waals surface area contributed by atoms with E-state index in [-0.39, 0.29) is 5.69 Å². The number of anilines is 2. The Hall–Kier alpha value is -1.64. The molecule has 0 amide bonds. The van der Waals surface area contributed by atoms with Crippen molar-refractivity contribution in [3.8, 4) is 0 Å². The molecule has 1 aromatic carbocycles. The van der Waals surface area contributed by atoms with Gasteiger partial charge in [0.2, 0.25) is 0 Å². The number of hydrogen-bond donors (Lipinski definition) is 3. The number of alkyl halides is 6. The molecule has 3 nitrogen and oxygen atoms in total. The summed E-state index contributed by atoms with van der Waals surface area (Å²) in [5.74, 6) is 0. The molecule has 5 N–H and O–H groups in total. The van der Waals surface area contributed by atoms with Gasteiger partial charge >= 0.3 is 12.4 Å². The lowest BCUT2D eigenvalue weighted by Gasteiger charge is -2.33. The Balaban J connectivity index is 3.56. The average Bonchev–Trinajstić information content (AvgIpc) is 2.12. The van der Waals surface area contributed by atoms with Crippen LogP contribution in [-0.4, -0.2) is 17.5 Å². The van der Waals surface area contributed by atoms with E-state index in [9.17, 15) is 26.3 Å². The zero-order valence-electron chi connectivity index (χ0n) is 8.60. The number of rotatable bonds is 1. The smallest absolute Gasteiger partial charge is 0.399 e. The molecule has 0 aliphatic rings. The van der Waals surface area contributed by atoms with Crippen molar-refractivity contribution in [2.75, 3.05) is 11.5 Å². The molecular weight excluding hydrogens is 266 g/mol.